The summed E-state index contributed by atoms with van der Waals surface area (Å²) in [6.07, 6.45) is 8.13. The van der Waals surface area contributed by atoms with Gasteiger partial charge in [0.15, 0.2) is 5.82 Å². The molecular formula is C14H18N6O. The molecule has 1 saturated carbocycles. The molecule has 0 aliphatic heterocycles. The van der Waals surface area contributed by atoms with Gasteiger partial charge in [-0.15, -0.1) is 0 Å². The molecule has 0 unspecified atom stereocenters. The van der Waals surface area contributed by atoms with Crippen LogP contribution >= 0.6 is 0 Å². The molecule has 0 saturated heterocycles. The Balaban J connectivity index is 1.75. The van der Waals surface area contributed by atoms with E-state index in [0.29, 0.717) is 11.5 Å². The molecule has 7 nitrogen and oxygen atoms in total. The Bertz CT molecular complexity index is 604. The number of anilines is 1. The summed E-state index contributed by atoms with van der Waals surface area (Å²) in [5, 5.41) is 7.00. The molecule has 2 aromatic rings. The maximum atomic E-state index is 12.4. The third kappa shape index (κ3) is 3.08. The van der Waals surface area contributed by atoms with E-state index < -0.39 is 0 Å². The van der Waals surface area contributed by atoms with Crippen molar-refractivity contribution >= 4 is 11.6 Å². The van der Waals surface area contributed by atoms with Gasteiger partial charge < -0.3 is 11.1 Å². The molecule has 0 radical (unpaired) electrons. The lowest BCUT2D eigenvalue weighted by Gasteiger charge is -2.25. The van der Waals surface area contributed by atoms with Crippen LogP contribution in [0.5, 0.6) is 0 Å². The number of hydrogen-bond donors (Lipinski definition) is 2. The smallest absolute Gasteiger partial charge is 0.227 e. The summed E-state index contributed by atoms with van der Waals surface area (Å²) in [4.78, 5) is 20.5. The molecule has 0 atom stereocenters. The summed E-state index contributed by atoms with van der Waals surface area (Å²) < 4.78 is 1.53. The van der Waals surface area contributed by atoms with E-state index in [1.165, 1.54) is 11.0 Å². The summed E-state index contributed by atoms with van der Waals surface area (Å²) in [6, 6.07) is 3.83. The molecule has 1 aliphatic rings. The first-order chi connectivity index (χ1) is 10.2. The Labute approximate surface area is 122 Å². The number of nitrogens with one attached hydrogen (secondary N) is 1. The van der Waals surface area contributed by atoms with E-state index in [4.69, 9.17) is 5.73 Å². The van der Waals surface area contributed by atoms with Crippen molar-refractivity contribution in [3.8, 4) is 5.82 Å². The van der Waals surface area contributed by atoms with E-state index in [-0.39, 0.29) is 17.9 Å². The van der Waals surface area contributed by atoms with Crippen molar-refractivity contribution in [3.63, 3.8) is 0 Å². The van der Waals surface area contributed by atoms with Crippen molar-refractivity contribution in [3.05, 3.63) is 31.0 Å². The average molecular weight is 286 g/mol. The zero-order valence-corrected chi connectivity index (χ0v) is 11.6. The van der Waals surface area contributed by atoms with Crippen LogP contribution in [0.1, 0.15) is 25.7 Å². The average Bonchev–Trinajstić information content (AvgIpc) is 3.02. The van der Waals surface area contributed by atoms with Crippen molar-refractivity contribution in [1.29, 1.82) is 0 Å². The molecule has 1 amide bonds. The topological polar surface area (TPSA) is 98.7 Å². The fraction of sp³-hybridized carbons (Fsp3) is 0.429. The van der Waals surface area contributed by atoms with Gasteiger partial charge in [0, 0.05) is 18.2 Å². The van der Waals surface area contributed by atoms with Crippen LogP contribution in [0.15, 0.2) is 31.0 Å². The second-order valence-electron chi connectivity index (χ2n) is 5.32. The van der Waals surface area contributed by atoms with E-state index in [1.54, 1.807) is 18.6 Å². The van der Waals surface area contributed by atoms with E-state index in [1.807, 2.05) is 6.07 Å². The number of hydrogen-bond acceptors (Lipinski definition) is 5. The molecule has 0 spiro atoms. The van der Waals surface area contributed by atoms with Gasteiger partial charge in [-0.1, -0.05) is 0 Å². The van der Waals surface area contributed by atoms with Crippen LogP contribution in [-0.4, -0.2) is 31.7 Å². The SMILES string of the molecule is NC1CCC(C(=O)Nc2cccnc2-n2cncn2)CC1. The van der Waals surface area contributed by atoms with Crippen LogP contribution in [0, 0.1) is 5.92 Å². The van der Waals surface area contributed by atoms with Gasteiger partial charge in [0.1, 0.15) is 12.7 Å². The van der Waals surface area contributed by atoms with E-state index in [9.17, 15) is 4.79 Å². The number of carbonyl (C=O) groups is 1. The Kier molecular flexibility index (Phi) is 3.92. The molecular weight excluding hydrogens is 268 g/mol. The summed E-state index contributed by atoms with van der Waals surface area (Å²) in [7, 11) is 0. The van der Waals surface area contributed by atoms with Crippen molar-refractivity contribution in [2.45, 2.75) is 31.7 Å². The van der Waals surface area contributed by atoms with Crippen molar-refractivity contribution in [2.75, 3.05) is 5.32 Å². The third-order valence-electron chi connectivity index (χ3n) is 3.82. The van der Waals surface area contributed by atoms with Crippen LogP contribution < -0.4 is 11.1 Å². The molecule has 0 aromatic carbocycles. The maximum Gasteiger partial charge on any atom is 0.227 e. The molecule has 0 bridgehead atoms. The van der Waals surface area contributed by atoms with E-state index in [0.717, 1.165) is 25.7 Å². The molecule has 110 valence electrons. The summed E-state index contributed by atoms with van der Waals surface area (Å²) in [5.74, 6) is 0.612. The first-order valence-corrected chi connectivity index (χ1v) is 7.10. The fourth-order valence-corrected chi connectivity index (χ4v) is 2.61. The lowest BCUT2D eigenvalue weighted by atomic mass is 9.86. The minimum Gasteiger partial charge on any atom is -0.328 e. The van der Waals surface area contributed by atoms with Crippen molar-refractivity contribution in [1.82, 2.24) is 19.7 Å². The zero-order valence-electron chi connectivity index (χ0n) is 11.6. The predicted octanol–water partition coefficient (Wildman–Crippen LogP) is 1.12. The molecule has 3 rings (SSSR count). The molecule has 1 fully saturated rings. The lowest BCUT2D eigenvalue weighted by molar-refractivity contribution is -0.120. The zero-order chi connectivity index (χ0) is 14.7. The lowest BCUT2D eigenvalue weighted by Crippen LogP contribution is -2.32. The summed E-state index contributed by atoms with van der Waals surface area (Å²) >= 11 is 0. The second-order valence-corrected chi connectivity index (χ2v) is 5.32. The van der Waals surface area contributed by atoms with Crippen LogP contribution in [0.25, 0.3) is 5.82 Å². The quantitative estimate of drug-likeness (QED) is 0.881. The first-order valence-electron chi connectivity index (χ1n) is 7.10. The highest BCUT2D eigenvalue weighted by molar-refractivity contribution is 5.94. The largest absolute Gasteiger partial charge is 0.328 e. The highest BCUT2D eigenvalue weighted by atomic mass is 16.1. The van der Waals surface area contributed by atoms with Gasteiger partial charge in [-0.05, 0) is 37.8 Å². The first kappa shape index (κ1) is 13.7. The monoisotopic (exact) mass is 286 g/mol. The predicted molar refractivity (Wildman–Crippen MR) is 77.7 cm³/mol. The van der Waals surface area contributed by atoms with Gasteiger partial charge in [0.05, 0.1) is 5.69 Å². The number of carbonyl (C=O) groups excluding carboxylic acids is 1. The Morgan fingerprint density at radius 2 is 2.14 bits per heavy atom. The van der Waals surface area contributed by atoms with Crippen LogP contribution in [0.4, 0.5) is 5.69 Å². The maximum absolute atomic E-state index is 12.4. The van der Waals surface area contributed by atoms with Gasteiger partial charge in [0.2, 0.25) is 5.91 Å². The van der Waals surface area contributed by atoms with Gasteiger partial charge >= 0.3 is 0 Å². The molecule has 3 N–H and O–H groups in total. The minimum absolute atomic E-state index is 0.0219. The second kappa shape index (κ2) is 6.01. The van der Waals surface area contributed by atoms with Crippen LogP contribution in [0.2, 0.25) is 0 Å². The molecule has 1 aliphatic carbocycles. The molecule has 2 heterocycles. The number of nitrogens with two attached hydrogens (primary N) is 1. The van der Waals surface area contributed by atoms with E-state index in [2.05, 4.69) is 20.4 Å². The normalized spacial score (nSPS) is 22.0. The van der Waals surface area contributed by atoms with Crippen LogP contribution in [0.3, 0.4) is 0 Å². The van der Waals surface area contributed by atoms with Gasteiger partial charge in [-0.2, -0.15) is 5.10 Å². The number of nitrogens with zero attached hydrogens (tertiary/aromatic N) is 4. The summed E-state index contributed by atoms with van der Waals surface area (Å²) in [5.41, 5.74) is 6.52. The fourth-order valence-electron chi connectivity index (χ4n) is 2.61. The van der Waals surface area contributed by atoms with Crippen molar-refractivity contribution in [2.24, 2.45) is 11.7 Å². The number of amides is 1. The molecule has 21 heavy (non-hydrogen) atoms. The number of pyridine rings is 1. The van der Waals surface area contributed by atoms with Gasteiger partial charge in [0.25, 0.3) is 0 Å². The highest BCUT2D eigenvalue weighted by Gasteiger charge is 2.25. The number of rotatable bonds is 3. The third-order valence-corrected chi connectivity index (χ3v) is 3.82. The molecule has 2 aromatic heterocycles. The minimum atomic E-state index is 0.0219. The van der Waals surface area contributed by atoms with Crippen molar-refractivity contribution < 1.29 is 4.79 Å². The Morgan fingerprint density at radius 1 is 1.33 bits per heavy atom. The summed E-state index contributed by atoms with van der Waals surface area (Å²) in [6.45, 7) is 0. The standard InChI is InChI=1S/C14H18N6O/c15-11-5-3-10(4-6-11)14(21)19-12-2-1-7-17-13(12)20-9-16-8-18-20/h1-2,7-11H,3-6,15H2,(H,19,21). The Morgan fingerprint density at radius 3 is 2.86 bits per heavy atom. The van der Waals surface area contributed by atoms with E-state index >= 15 is 0 Å². The van der Waals surface area contributed by atoms with Crippen LogP contribution in [-0.2, 0) is 4.79 Å². The van der Waals surface area contributed by atoms with Gasteiger partial charge in [-0.25, -0.2) is 14.6 Å². The Hall–Kier alpha value is -2.28. The number of aromatic nitrogens is 4. The molecule has 7 heteroatoms. The highest BCUT2D eigenvalue weighted by Crippen LogP contribution is 2.25. The van der Waals surface area contributed by atoms with Gasteiger partial charge in [-0.3, -0.25) is 4.79 Å².